The molecule has 0 unspecified atom stereocenters. The van der Waals surface area contributed by atoms with E-state index in [1.807, 2.05) is 0 Å². The van der Waals surface area contributed by atoms with Gasteiger partial charge in [0.25, 0.3) is 22.7 Å². The Labute approximate surface area is 285 Å². The van der Waals surface area contributed by atoms with E-state index in [0.717, 1.165) is 24.3 Å². The van der Waals surface area contributed by atoms with Gasteiger partial charge in [-0.05, 0) is 58.7 Å². The fourth-order valence-electron chi connectivity index (χ4n) is 6.46. The Kier molecular flexibility index (Phi) is 7.51. The third-order valence-electron chi connectivity index (χ3n) is 8.78. The molecule has 0 aliphatic carbocycles. The van der Waals surface area contributed by atoms with Gasteiger partial charge in [0.1, 0.15) is 22.6 Å². The van der Waals surface area contributed by atoms with E-state index in [4.69, 9.17) is 9.05 Å². The fraction of sp³-hybridized carbons (Fsp3) is 0.0588. The molecule has 7 rings (SSSR count). The van der Waals surface area contributed by atoms with Crippen molar-refractivity contribution in [1.82, 2.24) is 0 Å². The lowest BCUT2D eigenvalue weighted by Crippen LogP contribution is -2.02. The minimum atomic E-state index is -5.22. The average Bonchev–Trinajstić information content (AvgIpc) is 3.20. The number of benzene rings is 6. The van der Waals surface area contributed by atoms with Crippen LogP contribution in [0.4, 0.5) is 22.7 Å². The van der Waals surface area contributed by atoms with Crippen LogP contribution >= 0.6 is 7.82 Å². The van der Waals surface area contributed by atoms with Gasteiger partial charge in [-0.15, -0.1) is 0 Å². The minimum Gasteiger partial charge on any atom is -0.394 e. The van der Waals surface area contributed by atoms with Gasteiger partial charge in [0.15, 0.2) is 0 Å². The van der Waals surface area contributed by atoms with Crippen LogP contribution in [0.3, 0.4) is 0 Å². The van der Waals surface area contributed by atoms with Crippen molar-refractivity contribution in [3.05, 3.63) is 137 Å². The third kappa shape index (κ3) is 5.35. The summed E-state index contributed by atoms with van der Waals surface area (Å²) < 4.78 is 25.4. The molecule has 6 aromatic rings. The molecule has 0 aromatic heterocycles. The van der Waals surface area contributed by atoms with Crippen molar-refractivity contribution in [1.29, 1.82) is 0 Å². The summed E-state index contributed by atoms with van der Waals surface area (Å²) in [4.78, 5) is 56.3. The number of nitro benzene ring substituents is 4. The lowest BCUT2D eigenvalue weighted by atomic mass is 9.86. The monoisotopic (exact) mass is 708 g/mol. The molecular formula is C34H21N4O12P. The maximum absolute atomic E-state index is 13.9. The summed E-state index contributed by atoms with van der Waals surface area (Å²) in [5, 5.41) is 50.0. The normalized spacial score (nSPS) is 13.0. The molecule has 0 amide bonds. The van der Waals surface area contributed by atoms with Gasteiger partial charge in [-0.3, -0.25) is 45.4 Å². The van der Waals surface area contributed by atoms with Crippen molar-refractivity contribution >= 4 is 52.1 Å². The van der Waals surface area contributed by atoms with Gasteiger partial charge >= 0.3 is 7.82 Å². The van der Waals surface area contributed by atoms with Gasteiger partial charge in [0.2, 0.25) is 0 Å². The number of phosphoric ester groups is 1. The zero-order valence-electron chi connectivity index (χ0n) is 26.3. The summed E-state index contributed by atoms with van der Waals surface area (Å²) in [5.74, 6) is -0.595. The van der Waals surface area contributed by atoms with Gasteiger partial charge < -0.3 is 9.05 Å². The first-order valence-corrected chi connectivity index (χ1v) is 16.4. The number of nitrogens with zero attached hydrogens (tertiary/aromatic N) is 4. The second-order valence-corrected chi connectivity index (χ2v) is 13.0. The van der Waals surface area contributed by atoms with Crippen LogP contribution < -0.4 is 9.05 Å². The summed E-state index contributed by atoms with van der Waals surface area (Å²) in [5.41, 5.74) is -2.59. The molecule has 0 saturated carbocycles. The van der Waals surface area contributed by atoms with Crippen molar-refractivity contribution < 1.29 is 38.2 Å². The van der Waals surface area contributed by atoms with Gasteiger partial charge in [0, 0.05) is 46.5 Å². The van der Waals surface area contributed by atoms with Crippen molar-refractivity contribution in [2.75, 3.05) is 0 Å². The molecule has 17 heteroatoms. The highest BCUT2D eigenvalue weighted by Crippen LogP contribution is 2.62. The predicted octanol–water partition coefficient (Wildman–Crippen LogP) is 9.12. The summed E-state index contributed by atoms with van der Waals surface area (Å²) in [7, 11) is -5.22. The predicted molar refractivity (Wildman–Crippen MR) is 185 cm³/mol. The smallest absolute Gasteiger partial charge is 0.394 e. The number of phosphoric acid groups is 1. The standard InChI is InChI=1S/C34H21N4O12P/c1-17-27(35(39)40)13-21(14-28(17)36(41)42)25-11-19-7-3-5-9-23(19)31-32-24-10-6-4-8-20(24)12-26(34(32)50-51(47,48)49-33(25)31)22-15-29(37(43)44)18(2)30(16-22)38(45)46/h3-16H,1-2H3,(H,47,48). The van der Waals surface area contributed by atoms with Gasteiger partial charge in [-0.2, -0.15) is 0 Å². The second-order valence-electron chi connectivity index (χ2n) is 11.7. The molecule has 1 aliphatic rings. The lowest BCUT2D eigenvalue weighted by molar-refractivity contribution is -0.395. The molecule has 0 radical (unpaired) electrons. The van der Waals surface area contributed by atoms with E-state index in [1.54, 1.807) is 48.5 Å². The quantitative estimate of drug-likeness (QED) is 0.0970. The molecule has 1 N–H and O–H groups in total. The van der Waals surface area contributed by atoms with E-state index < -0.39 is 50.3 Å². The SMILES string of the molecule is Cc1c([N+](=O)[O-])cc(-c2cc3ccccc3c3c2OP(=O)(O)Oc2c(-c4cc([N+](=O)[O-])c(C)c([N+](=O)[O-])c4)cc4ccccc4c2-3)cc1[N+](=O)[O-]. The number of hydrogen-bond acceptors (Lipinski definition) is 11. The van der Waals surface area contributed by atoms with Crippen LogP contribution in [0.25, 0.3) is 54.9 Å². The third-order valence-corrected chi connectivity index (χ3v) is 9.61. The molecule has 0 bridgehead atoms. The first-order valence-electron chi connectivity index (χ1n) is 14.9. The molecule has 0 fully saturated rings. The largest absolute Gasteiger partial charge is 0.584 e. The fourth-order valence-corrected chi connectivity index (χ4v) is 7.34. The second kappa shape index (κ2) is 11.7. The van der Waals surface area contributed by atoms with Crippen molar-refractivity contribution in [3.63, 3.8) is 0 Å². The first-order chi connectivity index (χ1) is 24.2. The maximum Gasteiger partial charge on any atom is 0.584 e. The lowest BCUT2D eigenvalue weighted by Gasteiger charge is -2.18. The molecule has 51 heavy (non-hydrogen) atoms. The van der Waals surface area contributed by atoms with Gasteiger partial charge in [0.05, 0.1) is 19.7 Å². The molecule has 16 nitrogen and oxygen atoms in total. The van der Waals surface area contributed by atoms with Crippen LogP contribution in [0.2, 0.25) is 0 Å². The zero-order chi connectivity index (χ0) is 36.5. The minimum absolute atomic E-state index is 0.0169. The summed E-state index contributed by atoms with van der Waals surface area (Å²) in [6.07, 6.45) is 0. The van der Waals surface area contributed by atoms with Crippen LogP contribution in [0.5, 0.6) is 11.5 Å². The van der Waals surface area contributed by atoms with E-state index in [9.17, 15) is 49.9 Å². The highest BCUT2D eigenvalue weighted by molar-refractivity contribution is 7.48. The highest BCUT2D eigenvalue weighted by atomic mass is 31.2. The molecule has 1 aliphatic heterocycles. The van der Waals surface area contributed by atoms with Crippen LogP contribution in [-0.2, 0) is 4.57 Å². The Balaban J connectivity index is 1.69. The van der Waals surface area contributed by atoms with Gasteiger partial charge in [-0.1, -0.05) is 48.5 Å². The molecular weight excluding hydrogens is 687 g/mol. The summed E-state index contributed by atoms with van der Waals surface area (Å²) in [6, 6.07) is 20.9. The van der Waals surface area contributed by atoms with Crippen molar-refractivity contribution in [2.24, 2.45) is 0 Å². The zero-order valence-corrected chi connectivity index (χ0v) is 27.2. The summed E-state index contributed by atoms with van der Waals surface area (Å²) >= 11 is 0. The van der Waals surface area contributed by atoms with Crippen LogP contribution in [0, 0.1) is 54.3 Å². The Morgan fingerprint density at radius 3 is 1.18 bits per heavy atom. The van der Waals surface area contributed by atoms with Gasteiger partial charge in [-0.25, -0.2) is 4.57 Å². The molecule has 1 heterocycles. The molecule has 0 spiro atoms. The number of nitro groups is 4. The molecule has 0 atom stereocenters. The van der Waals surface area contributed by atoms with E-state index in [1.165, 1.54) is 26.0 Å². The van der Waals surface area contributed by atoms with Crippen molar-refractivity contribution in [3.8, 4) is 44.9 Å². The Morgan fingerprint density at radius 2 is 0.863 bits per heavy atom. The number of hydrogen-bond donors (Lipinski definition) is 1. The Bertz CT molecular complexity index is 2390. The molecule has 254 valence electrons. The van der Waals surface area contributed by atoms with Crippen LogP contribution in [0.1, 0.15) is 11.1 Å². The summed E-state index contributed by atoms with van der Waals surface area (Å²) in [6.45, 7) is 2.47. The van der Waals surface area contributed by atoms with Crippen LogP contribution in [0.15, 0.2) is 84.9 Å². The van der Waals surface area contributed by atoms with E-state index in [-0.39, 0.29) is 56.0 Å². The molecule has 0 saturated heterocycles. The number of rotatable bonds is 6. The first kappa shape index (κ1) is 32.8. The molecule has 6 aromatic carbocycles. The van der Waals surface area contributed by atoms with Crippen LogP contribution in [-0.4, -0.2) is 24.6 Å². The van der Waals surface area contributed by atoms with E-state index in [0.29, 0.717) is 21.5 Å². The Morgan fingerprint density at radius 1 is 0.549 bits per heavy atom. The van der Waals surface area contributed by atoms with E-state index in [2.05, 4.69) is 0 Å². The number of fused-ring (bicyclic) bond motifs is 7. The topological polar surface area (TPSA) is 228 Å². The average molecular weight is 709 g/mol. The van der Waals surface area contributed by atoms with Crippen molar-refractivity contribution in [2.45, 2.75) is 13.8 Å². The Hall–Kier alpha value is -6.77. The maximum atomic E-state index is 13.9. The highest BCUT2D eigenvalue weighted by Gasteiger charge is 2.39. The van der Waals surface area contributed by atoms with E-state index >= 15 is 0 Å².